The van der Waals surface area contributed by atoms with E-state index in [0.29, 0.717) is 17.0 Å². The van der Waals surface area contributed by atoms with Gasteiger partial charge in [0, 0.05) is 17.8 Å². The van der Waals surface area contributed by atoms with Crippen LogP contribution in [0.1, 0.15) is 21.5 Å². The van der Waals surface area contributed by atoms with Crippen molar-refractivity contribution in [1.82, 2.24) is 9.19 Å². The van der Waals surface area contributed by atoms with Gasteiger partial charge >= 0.3 is 5.97 Å². The minimum Gasteiger partial charge on any atom is -0.472 e. The van der Waals surface area contributed by atoms with Gasteiger partial charge in [-0.15, -0.1) is 5.10 Å². The molecule has 1 aromatic carbocycles. The summed E-state index contributed by atoms with van der Waals surface area (Å²) < 4.78 is 24.4. The van der Waals surface area contributed by atoms with E-state index in [0.717, 1.165) is 0 Å². The first-order valence-electron chi connectivity index (χ1n) is 5.78. The molecule has 7 heteroatoms. The minimum absolute atomic E-state index is 0.0231. The number of methoxy groups -OCH3 is 1. The molecule has 0 aliphatic heterocycles. The number of esters is 1. The van der Waals surface area contributed by atoms with Gasteiger partial charge in [0.05, 0.1) is 12.7 Å². The number of carbonyl (C=O) groups excluding carboxylic acids is 1. The summed E-state index contributed by atoms with van der Waals surface area (Å²) in [5.74, 6) is -0.192. The molecule has 106 valence electrons. The van der Waals surface area contributed by atoms with Crippen LogP contribution < -0.4 is 4.74 Å². The van der Waals surface area contributed by atoms with E-state index in [-0.39, 0.29) is 12.2 Å². The molecule has 0 amide bonds. The summed E-state index contributed by atoms with van der Waals surface area (Å²) in [5.41, 5.74) is 1.13. The van der Waals surface area contributed by atoms with E-state index < -0.39 is 12.6 Å². The topological polar surface area (TPSA) is 53.4 Å². The molecular weight excluding hydrogens is 283 g/mol. The molecule has 0 radical (unpaired) electrons. The van der Waals surface area contributed by atoms with E-state index in [4.69, 9.17) is 4.74 Å². The third kappa shape index (κ3) is 3.11. The summed E-state index contributed by atoms with van der Waals surface area (Å²) >= 11 is 3.98. The van der Waals surface area contributed by atoms with E-state index >= 15 is 0 Å². The van der Waals surface area contributed by atoms with Gasteiger partial charge in [0.2, 0.25) is 5.88 Å². The highest BCUT2D eigenvalue weighted by Crippen LogP contribution is 2.19. The molecule has 0 atom stereocenters. The first kappa shape index (κ1) is 14.4. The molecule has 0 N–H and O–H groups in total. The number of alkyl halides is 1. The highest BCUT2D eigenvalue weighted by Gasteiger charge is 2.16. The van der Waals surface area contributed by atoms with Crippen LogP contribution in [0, 0.1) is 0 Å². The number of aromatic nitrogens is 2. The Morgan fingerprint density at radius 3 is 2.85 bits per heavy atom. The second-order valence-corrected chi connectivity index (χ2v) is 4.34. The van der Waals surface area contributed by atoms with Gasteiger partial charge in [0.1, 0.15) is 13.3 Å². The fourth-order valence-corrected chi connectivity index (χ4v) is 1.91. The highest BCUT2D eigenvalue weighted by molar-refractivity contribution is 7.78. The van der Waals surface area contributed by atoms with Crippen LogP contribution in [0.5, 0.6) is 5.88 Å². The zero-order valence-electron chi connectivity index (χ0n) is 10.7. The lowest BCUT2D eigenvalue weighted by Crippen LogP contribution is -2.10. The van der Waals surface area contributed by atoms with Crippen molar-refractivity contribution in [3.63, 3.8) is 0 Å². The molecule has 0 bridgehead atoms. The Labute approximate surface area is 120 Å². The summed E-state index contributed by atoms with van der Waals surface area (Å²) in [7, 11) is 1.28. The van der Waals surface area contributed by atoms with Gasteiger partial charge in [0.25, 0.3) is 0 Å². The number of ether oxygens (including phenoxy) is 2. The lowest BCUT2D eigenvalue weighted by atomic mass is 10.0. The molecule has 0 aliphatic carbocycles. The predicted molar refractivity (Wildman–Crippen MR) is 73.5 cm³/mol. The van der Waals surface area contributed by atoms with E-state index in [2.05, 4.69) is 22.7 Å². The number of hydrogen-bond donors (Lipinski definition) is 1. The fraction of sp³-hybridized carbons (Fsp3) is 0.231. The van der Waals surface area contributed by atoms with Crippen LogP contribution in [-0.4, -0.2) is 22.3 Å². The molecule has 0 saturated heterocycles. The number of benzene rings is 1. The largest absolute Gasteiger partial charge is 0.472 e. The smallest absolute Gasteiger partial charge is 0.338 e. The van der Waals surface area contributed by atoms with Crippen molar-refractivity contribution in [1.29, 1.82) is 0 Å². The SMILES string of the molecule is COC(=O)c1cccc(CF)c1COc1ccn(S)n1. The summed E-state index contributed by atoms with van der Waals surface area (Å²) in [6.45, 7) is -0.667. The molecule has 0 aliphatic rings. The van der Waals surface area contributed by atoms with Crippen LogP contribution in [0.15, 0.2) is 30.5 Å². The standard InChI is InChI=1S/C13H13FN2O3S/c1-18-13(17)10-4-2-3-9(7-14)11(10)8-19-12-5-6-16(20)15-12/h2-6,20H,7-8H2,1H3. The van der Waals surface area contributed by atoms with Crippen LogP contribution in [0.3, 0.4) is 0 Å². The summed E-state index contributed by atoms with van der Waals surface area (Å²) in [6, 6.07) is 6.39. The Morgan fingerprint density at radius 1 is 1.45 bits per heavy atom. The lowest BCUT2D eigenvalue weighted by molar-refractivity contribution is 0.0597. The molecule has 2 rings (SSSR count). The fourth-order valence-electron chi connectivity index (χ4n) is 1.75. The molecule has 5 nitrogen and oxygen atoms in total. The molecule has 1 heterocycles. The molecule has 0 unspecified atom stereocenters. The molecule has 0 saturated carbocycles. The van der Waals surface area contributed by atoms with Crippen LogP contribution in [0.25, 0.3) is 0 Å². The van der Waals surface area contributed by atoms with Crippen LogP contribution in [0.2, 0.25) is 0 Å². The van der Waals surface area contributed by atoms with Crippen molar-refractivity contribution < 1.29 is 18.7 Å². The second kappa shape index (κ2) is 6.42. The van der Waals surface area contributed by atoms with E-state index in [9.17, 15) is 9.18 Å². The van der Waals surface area contributed by atoms with Gasteiger partial charge < -0.3 is 9.47 Å². The monoisotopic (exact) mass is 296 g/mol. The molecular formula is C13H13FN2O3S. The first-order valence-corrected chi connectivity index (χ1v) is 6.18. The van der Waals surface area contributed by atoms with Crippen molar-refractivity contribution in [3.8, 4) is 5.88 Å². The predicted octanol–water partition coefficient (Wildman–Crippen LogP) is 2.41. The zero-order valence-corrected chi connectivity index (χ0v) is 11.6. The molecule has 1 aromatic heterocycles. The Bertz CT molecular complexity index is 615. The van der Waals surface area contributed by atoms with Crippen LogP contribution >= 0.6 is 12.8 Å². The van der Waals surface area contributed by atoms with E-state index in [1.54, 1.807) is 30.5 Å². The van der Waals surface area contributed by atoms with E-state index in [1.165, 1.54) is 11.2 Å². The number of rotatable bonds is 5. The van der Waals surface area contributed by atoms with Crippen molar-refractivity contribution in [2.24, 2.45) is 0 Å². The highest BCUT2D eigenvalue weighted by atomic mass is 32.1. The van der Waals surface area contributed by atoms with Crippen LogP contribution in [-0.2, 0) is 18.0 Å². The van der Waals surface area contributed by atoms with Crippen LogP contribution in [0.4, 0.5) is 4.39 Å². The average Bonchev–Trinajstić information content (AvgIpc) is 2.89. The second-order valence-electron chi connectivity index (χ2n) is 3.93. The third-order valence-corrected chi connectivity index (χ3v) is 2.96. The maximum absolute atomic E-state index is 13.0. The number of halogens is 1. The van der Waals surface area contributed by atoms with Gasteiger partial charge in [-0.25, -0.2) is 13.3 Å². The molecule has 20 heavy (non-hydrogen) atoms. The van der Waals surface area contributed by atoms with Gasteiger partial charge in [-0.3, -0.25) is 0 Å². The van der Waals surface area contributed by atoms with Gasteiger partial charge in [-0.2, -0.15) is 0 Å². The molecule has 0 spiro atoms. The van der Waals surface area contributed by atoms with E-state index in [1.807, 2.05) is 0 Å². The number of hydrogen-bond acceptors (Lipinski definition) is 5. The van der Waals surface area contributed by atoms with Crippen molar-refractivity contribution in [2.75, 3.05) is 7.11 Å². The first-order chi connectivity index (χ1) is 9.65. The molecule has 0 fully saturated rings. The number of thiol groups is 1. The summed E-state index contributed by atoms with van der Waals surface area (Å²) in [5, 5.41) is 3.92. The van der Waals surface area contributed by atoms with Gasteiger partial charge in [0.15, 0.2) is 0 Å². The quantitative estimate of drug-likeness (QED) is 0.680. The number of nitrogens with zero attached hydrogens (tertiary/aromatic N) is 2. The van der Waals surface area contributed by atoms with Gasteiger partial charge in [-0.1, -0.05) is 12.1 Å². The summed E-state index contributed by atoms with van der Waals surface area (Å²) in [6.07, 6.45) is 1.60. The average molecular weight is 296 g/mol. The molecule has 2 aromatic rings. The Balaban J connectivity index is 2.26. The number of carbonyl (C=O) groups is 1. The third-order valence-electron chi connectivity index (χ3n) is 2.74. The zero-order chi connectivity index (χ0) is 14.5. The maximum Gasteiger partial charge on any atom is 0.338 e. The normalized spacial score (nSPS) is 10.3. The van der Waals surface area contributed by atoms with Crippen molar-refractivity contribution in [3.05, 3.63) is 47.2 Å². The Hall–Kier alpha value is -2.02. The van der Waals surface area contributed by atoms with Crippen molar-refractivity contribution in [2.45, 2.75) is 13.3 Å². The van der Waals surface area contributed by atoms with Gasteiger partial charge in [-0.05, 0) is 24.4 Å². The maximum atomic E-state index is 13.0. The summed E-state index contributed by atoms with van der Waals surface area (Å²) in [4.78, 5) is 11.7. The Morgan fingerprint density at radius 2 is 2.25 bits per heavy atom. The van der Waals surface area contributed by atoms with Crippen molar-refractivity contribution >= 4 is 18.8 Å². The Kier molecular flexibility index (Phi) is 4.62. The lowest BCUT2D eigenvalue weighted by Gasteiger charge is -2.11. The minimum atomic E-state index is -0.690.